The van der Waals surface area contributed by atoms with Gasteiger partial charge in [0, 0.05) is 12.6 Å². The normalized spacial score (nSPS) is 13.6. The number of likely N-dealkylation sites (N-methyl/N-ethyl adjacent to an activating group) is 1. The van der Waals surface area contributed by atoms with Crippen LogP contribution in [0, 0.1) is 0 Å². The lowest BCUT2D eigenvalue weighted by atomic mass is 10.3. The first-order valence-corrected chi connectivity index (χ1v) is 4.26. The van der Waals surface area contributed by atoms with E-state index in [1.54, 1.807) is 7.05 Å². The van der Waals surface area contributed by atoms with E-state index < -0.39 is 0 Å². The second-order valence-corrected chi connectivity index (χ2v) is 3.19. The third-order valence-electron chi connectivity index (χ3n) is 2.03. The van der Waals surface area contributed by atoms with Crippen molar-refractivity contribution in [3.8, 4) is 0 Å². The van der Waals surface area contributed by atoms with Gasteiger partial charge in [0.05, 0.1) is 13.6 Å². The number of nitrogens with zero attached hydrogens (tertiary/aromatic N) is 5. The molecule has 0 saturated carbocycles. The molecule has 0 aliphatic heterocycles. The first-order valence-electron chi connectivity index (χ1n) is 4.26. The Bertz CT molecular complexity index is 257. The molecule has 0 spiro atoms. The summed E-state index contributed by atoms with van der Waals surface area (Å²) >= 11 is 0. The van der Waals surface area contributed by atoms with Crippen molar-refractivity contribution in [2.24, 2.45) is 12.8 Å². The SMILES string of the molecule is CC(CN)N(C)Cc1nnn(C)n1. The highest BCUT2D eigenvalue weighted by atomic mass is 15.6. The van der Waals surface area contributed by atoms with Gasteiger partial charge in [-0.2, -0.15) is 4.80 Å². The van der Waals surface area contributed by atoms with Gasteiger partial charge < -0.3 is 5.73 Å². The van der Waals surface area contributed by atoms with E-state index >= 15 is 0 Å². The summed E-state index contributed by atoms with van der Waals surface area (Å²) in [4.78, 5) is 3.55. The number of aromatic nitrogens is 4. The van der Waals surface area contributed by atoms with Gasteiger partial charge in [0.2, 0.25) is 0 Å². The third-order valence-corrected chi connectivity index (χ3v) is 2.03. The van der Waals surface area contributed by atoms with Crippen molar-refractivity contribution in [2.45, 2.75) is 19.5 Å². The van der Waals surface area contributed by atoms with Crippen LogP contribution in [0.3, 0.4) is 0 Å². The first-order chi connectivity index (χ1) is 6.13. The molecule has 0 aromatic carbocycles. The van der Waals surface area contributed by atoms with Crippen molar-refractivity contribution >= 4 is 0 Å². The van der Waals surface area contributed by atoms with Crippen LogP contribution in [-0.4, -0.2) is 44.7 Å². The first kappa shape index (κ1) is 10.1. The highest BCUT2D eigenvalue weighted by Gasteiger charge is 2.10. The predicted molar refractivity (Wildman–Crippen MR) is 48.8 cm³/mol. The molecule has 1 heterocycles. The molecule has 0 radical (unpaired) electrons. The molecule has 0 bridgehead atoms. The minimum absolute atomic E-state index is 0.337. The fourth-order valence-corrected chi connectivity index (χ4v) is 0.945. The molecule has 1 unspecified atom stereocenters. The topological polar surface area (TPSA) is 72.9 Å². The van der Waals surface area contributed by atoms with E-state index in [0.29, 0.717) is 19.1 Å². The van der Waals surface area contributed by atoms with Crippen molar-refractivity contribution in [3.05, 3.63) is 5.82 Å². The summed E-state index contributed by atoms with van der Waals surface area (Å²) in [5.74, 6) is 0.727. The molecule has 0 amide bonds. The number of hydrogen-bond acceptors (Lipinski definition) is 5. The fourth-order valence-electron chi connectivity index (χ4n) is 0.945. The maximum absolute atomic E-state index is 5.53. The van der Waals surface area contributed by atoms with Gasteiger partial charge in [0.15, 0.2) is 5.82 Å². The fraction of sp³-hybridized carbons (Fsp3) is 0.857. The lowest BCUT2D eigenvalue weighted by molar-refractivity contribution is 0.248. The molecule has 0 aliphatic carbocycles. The molecule has 0 fully saturated rings. The van der Waals surface area contributed by atoms with Crippen LogP contribution in [0.25, 0.3) is 0 Å². The van der Waals surface area contributed by atoms with E-state index in [9.17, 15) is 0 Å². The highest BCUT2D eigenvalue weighted by Crippen LogP contribution is 1.98. The number of nitrogens with two attached hydrogens (primary N) is 1. The molecule has 1 aromatic heterocycles. The van der Waals surface area contributed by atoms with Gasteiger partial charge in [-0.1, -0.05) is 0 Å². The van der Waals surface area contributed by atoms with E-state index in [-0.39, 0.29) is 0 Å². The van der Waals surface area contributed by atoms with Gasteiger partial charge in [0.25, 0.3) is 0 Å². The summed E-state index contributed by atoms with van der Waals surface area (Å²) in [6, 6.07) is 0.337. The largest absolute Gasteiger partial charge is 0.329 e. The average Bonchev–Trinajstić information content (AvgIpc) is 2.49. The second kappa shape index (κ2) is 4.29. The van der Waals surface area contributed by atoms with E-state index in [4.69, 9.17) is 5.73 Å². The van der Waals surface area contributed by atoms with Crippen LogP contribution in [0.5, 0.6) is 0 Å². The van der Waals surface area contributed by atoms with Gasteiger partial charge in [-0.15, -0.1) is 10.2 Å². The predicted octanol–water partition coefficient (Wildman–Crippen LogP) is -1.01. The maximum atomic E-state index is 5.53. The lowest BCUT2D eigenvalue weighted by Gasteiger charge is -2.21. The molecule has 1 rings (SSSR count). The molecule has 6 nitrogen and oxygen atoms in total. The van der Waals surface area contributed by atoms with Crippen LogP contribution < -0.4 is 5.73 Å². The Morgan fingerprint density at radius 1 is 1.62 bits per heavy atom. The van der Waals surface area contributed by atoms with Crippen LogP contribution in [0.2, 0.25) is 0 Å². The average molecular weight is 184 g/mol. The lowest BCUT2D eigenvalue weighted by Crippen LogP contribution is -2.35. The smallest absolute Gasteiger partial charge is 0.188 e. The number of rotatable bonds is 4. The molecule has 0 saturated heterocycles. The summed E-state index contributed by atoms with van der Waals surface area (Å²) in [6.45, 7) is 3.39. The Morgan fingerprint density at radius 3 is 2.77 bits per heavy atom. The van der Waals surface area contributed by atoms with Crippen molar-refractivity contribution in [1.82, 2.24) is 25.1 Å². The molecule has 1 atom stereocenters. The standard InChI is InChI=1S/C7H16N6/c1-6(4-8)12(2)5-7-9-11-13(3)10-7/h6H,4-5,8H2,1-3H3. The summed E-state index contributed by atoms with van der Waals surface area (Å²) < 4.78 is 0. The zero-order valence-electron chi connectivity index (χ0n) is 8.30. The minimum atomic E-state index is 0.337. The van der Waals surface area contributed by atoms with Crippen LogP contribution in [0.15, 0.2) is 0 Å². The Balaban J connectivity index is 2.49. The van der Waals surface area contributed by atoms with Gasteiger partial charge >= 0.3 is 0 Å². The second-order valence-electron chi connectivity index (χ2n) is 3.19. The molecule has 6 heteroatoms. The Kier molecular flexibility index (Phi) is 3.32. The summed E-state index contributed by atoms with van der Waals surface area (Å²) in [6.07, 6.45) is 0. The van der Waals surface area contributed by atoms with Gasteiger partial charge in [-0.05, 0) is 19.2 Å². The summed E-state index contributed by atoms with van der Waals surface area (Å²) in [7, 11) is 3.75. The molecule has 0 aliphatic rings. The van der Waals surface area contributed by atoms with Crippen molar-refractivity contribution in [3.63, 3.8) is 0 Å². The van der Waals surface area contributed by atoms with E-state index in [1.165, 1.54) is 4.80 Å². The van der Waals surface area contributed by atoms with Crippen LogP contribution in [-0.2, 0) is 13.6 Å². The Hall–Kier alpha value is -1.01. The zero-order valence-corrected chi connectivity index (χ0v) is 8.30. The van der Waals surface area contributed by atoms with Gasteiger partial charge in [-0.3, -0.25) is 4.90 Å². The molecule has 13 heavy (non-hydrogen) atoms. The number of aryl methyl sites for hydroxylation is 1. The molecule has 2 N–H and O–H groups in total. The van der Waals surface area contributed by atoms with E-state index in [1.807, 2.05) is 7.05 Å². The maximum Gasteiger partial charge on any atom is 0.188 e. The van der Waals surface area contributed by atoms with Crippen molar-refractivity contribution < 1.29 is 0 Å². The summed E-state index contributed by atoms with van der Waals surface area (Å²) in [5, 5.41) is 11.7. The van der Waals surface area contributed by atoms with Gasteiger partial charge in [0.1, 0.15) is 0 Å². The molecule has 1 aromatic rings. The highest BCUT2D eigenvalue weighted by molar-refractivity contribution is 4.78. The van der Waals surface area contributed by atoms with Crippen LogP contribution in [0.4, 0.5) is 0 Å². The Morgan fingerprint density at radius 2 is 2.31 bits per heavy atom. The van der Waals surface area contributed by atoms with Crippen molar-refractivity contribution in [2.75, 3.05) is 13.6 Å². The van der Waals surface area contributed by atoms with Crippen LogP contribution in [0.1, 0.15) is 12.7 Å². The van der Waals surface area contributed by atoms with E-state index in [0.717, 1.165) is 5.82 Å². The van der Waals surface area contributed by atoms with Crippen molar-refractivity contribution in [1.29, 1.82) is 0 Å². The molecular weight excluding hydrogens is 168 g/mol. The monoisotopic (exact) mass is 184 g/mol. The van der Waals surface area contributed by atoms with E-state index in [2.05, 4.69) is 27.2 Å². The quantitative estimate of drug-likeness (QED) is 0.649. The summed E-state index contributed by atoms with van der Waals surface area (Å²) in [5.41, 5.74) is 5.53. The zero-order chi connectivity index (χ0) is 9.84. The number of hydrogen-bond donors (Lipinski definition) is 1. The van der Waals surface area contributed by atoms with Gasteiger partial charge in [-0.25, -0.2) is 0 Å². The molecule has 74 valence electrons. The number of tetrazole rings is 1. The Labute approximate surface area is 77.7 Å². The van der Waals surface area contributed by atoms with Crippen LogP contribution >= 0.6 is 0 Å². The third kappa shape index (κ3) is 2.74. The minimum Gasteiger partial charge on any atom is -0.329 e. The molecular formula is C7H16N6.